The van der Waals surface area contributed by atoms with Crippen molar-refractivity contribution < 1.29 is 19.4 Å². The van der Waals surface area contributed by atoms with Gasteiger partial charge in [0.2, 0.25) is 0 Å². The van der Waals surface area contributed by atoms with E-state index in [4.69, 9.17) is 9.47 Å². The van der Waals surface area contributed by atoms with Crippen molar-refractivity contribution in [3.05, 3.63) is 0 Å². The molecule has 0 aromatic heterocycles. The molecule has 2 aliphatic rings. The first-order valence-corrected chi connectivity index (χ1v) is 14.5. The Kier molecular flexibility index (Phi) is 10.9. The molecule has 1 atom stereocenters. The highest BCUT2D eigenvalue weighted by Gasteiger charge is 2.45. The quantitative estimate of drug-likeness (QED) is 0.189. The average molecular weight is 511 g/mol. The van der Waals surface area contributed by atoms with Crippen LogP contribution in [0.4, 0.5) is 0 Å². The van der Waals surface area contributed by atoms with Crippen LogP contribution < -0.4 is 0 Å². The Morgan fingerprint density at radius 1 is 0.722 bits per heavy atom. The van der Waals surface area contributed by atoms with Crippen LogP contribution in [0.3, 0.4) is 0 Å². The molecule has 0 radical (unpaired) electrons. The molecule has 0 amide bonds. The van der Waals surface area contributed by atoms with Gasteiger partial charge in [-0.25, -0.2) is 0 Å². The van der Waals surface area contributed by atoms with Gasteiger partial charge < -0.3 is 14.6 Å². The van der Waals surface area contributed by atoms with Crippen LogP contribution in [0, 0.1) is 0 Å². The monoisotopic (exact) mass is 510 g/mol. The van der Waals surface area contributed by atoms with Gasteiger partial charge >= 0.3 is 5.97 Å². The molecule has 0 aromatic rings. The van der Waals surface area contributed by atoms with Crippen LogP contribution in [0.25, 0.3) is 0 Å². The zero-order valence-electron chi connectivity index (χ0n) is 25.3. The molecular formula is C30H58N2O4. The van der Waals surface area contributed by atoms with E-state index >= 15 is 0 Å². The lowest BCUT2D eigenvalue weighted by atomic mass is 9.78. The van der Waals surface area contributed by atoms with E-state index in [0.29, 0.717) is 12.8 Å². The van der Waals surface area contributed by atoms with Gasteiger partial charge in [-0.15, -0.1) is 0 Å². The summed E-state index contributed by atoms with van der Waals surface area (Å²) in [4.78, 5) is 17.2. The number of carbonyl (C=O) groups excluding carboxylic acids is 1. The number of nitrogens with zero attached hydrogens (tertiary/aromatic N) is 2. The molecule has 6 nitrogen and oxygen atoms in total. The third-order valence-corrected chi connectivity index (χ3v) is 9.27. The summed E-state index contributed by atoms with van der Waals surface area (Å²) in [6.07, 6.45) is 10.6. The fourth-order valence-corrected chi connectivity index (χ4v) is 6.57. The molecule has 0 aliphatic carbocycles. The summed E-state index contributed by atoms with van der Waals surface area (Å²) >= 11 is 0. The van der Waals surface area contributed by atoms with Crippen LogP contribution >= 0.6 is 0 Å². The van der Waals surface area contributed by atoms with E-state index in [-0.39, 0.29) is 40.3 Å². The molecule has 1 unspecified atom stereocenters. The number of ether oxygens (including phenoxy) is 2. The summed E-state index contributed by atoms with van der Waals surface area (Å²) in [5.41, 5.74) is 0.203. The van der Waals surface area contributed by atoms with E-state index in [2.05, 4.69) is 79.3 Å². The smallest absolute Gasteiger partial charge is 0.306 e. The number of esters is 1. The second-order valence-corrected chi connectivity index (χ2v) is 14.2. The van der Waals surface area contributed by atoms with Gasteiger partial charge in [0.25, 0.3) is 0 Å². The van der Waals surface area contributed by atoms with Gasteiger partial charge in [-0.05, 0) is 102 Å². The van der Waals surface area contributed by atoms with Crippen molar-refractivity contribution in [3.63, 3.8) is 0 Å². The molecule has 0 bridgehead atoms. The normalized spacial score (nSPS) is 25.5. The Balaban J connectivity index is 1.54. The van der Waals surface area contributed by atoms with E-state index in [1.807, 2.05) is 0 Å². The standard InChI is InChI=1S/C30H58N2O4/c1-27(2)19-23(20-28(3,4)31(27)9)35-25(33)17-15-13-11-12-14-16-18-26(34)36-24-21-29(5,6)32(10)30(7,8)22-24/h23-25,33H,11-22H2,1-10H3. The minimum atomic E-state index is -0.672. The topological polar surface area (TPSA) is 62.2 Å². The Hall–Kier alpha value is -0.690. The first-order chi connectivity index (χ1) is 16.5. The fraction of sp³-hybridized carbons (Fsp3) is 0.967. The number of aliphatic hydroxyl groups excluding tert-OH is 1. The lowest BCUT2D eigenvalue weighted by Crippen LogP contribution is -2.60. The largest absolute Gasteiger partial charge is 0.462 e. The summed E-state index contributed by atoms with van der Waals surface area (Å²) in [6, 6.07) is 0. The SMILES string of the molecule is CN1C(C)(C)CC(OC(=O)CCCCCCCCC(O)OC2CC(C)(C)N(C)C(C)(C)C2)CC1(C)C. The molecule has 36 heavy (non-hydrogen) atoms. The molecule has 2 rings (SSSR count). The molecular weight excluding hydrogens is 452 g/mol. The minimum Gasteiger partial charge on any atom is -0.462 e. The Labute approximate surface area is 222 Å². The first kappa shape index (κ1) is 31.5. The Morgan fingerprint density at radius 3 is 1.58 bits per heavy atom. The van der Waals surface area contributed by atoms with Gasteiger partial charge in [0.05, 0.1) is 6.10 Å². The molecule has 6 heteroatoms. The van der Waals surface area contributed by atoms with Gasteiger partial charge in [-0.3, -0.25) is 14.6 Å². The highest BCUT2D eigenvalue weighted by molar-refractivity contribution is 5.69. The van der Waals surface area contributed by atoms with Crippen molar-refractivity contribution in [2.24, 2.45) is 0 Å². The molecule has 0 aromatic carbocycles. The summed E-state index contributed by atoms with van der Waals surface area (Å²) < 4.78 is 11.9. The van der Waals surface area contributed by atoms with Crippen molar-refractivity contribution in [3.8, 4) is 0 Å². The van der Waals surface area contributed by atoms with Crippen molar-refractivity contribution >= 4 is 5.97 Å². The molecule has 2 aliphatic heterocycles. The molecule has 0 saturated carbocycles. The summed E-state index contributed by atoms with van der Waals surface area (Å²) in [5, 5.41) is 10.4. The van der Waals surface area contributed by atoms with E-state index in [1.165, 1.54) is 0 Å². The second kappa shape index (κ2) is 12.4. The van der Waals surface area contributed by atoms with E-state index < -0.39 is 6.29 Å². The van der Waals surface area contributed by atoms with E-state index in [1.54, 1.807) is 0 Å². The lowest BCUT2D eigenvalue weighted by molar-refractivity contribution is -0.179. The number of rotatable bonds is 12. The summed E-state index contributed by atoms with van der Waals surface area (Å²) in [7, 11) is 4.36. The maximum Gasteiger partial charge on any atom is 0.306 e. The Bertz CT molecular complexity index is 667. The molecule has 0 spiro atoms. The third kappa shape index (κ3) is 8.96. The summed E-state index contributed by atoms with van der Waals surface area (Å²) in [6.45, 7) is 18.0. The number of unbranched alkanes of at least 4 members (excludes halogenated alkanes) is 5. The fourth-order valence-electron chi connectivity index (χ4n) is 6.57. The highest BCUT2D eigenvalue weighted by Crippen LogP contribution is 2.39. The van der Waals surface area contributed by atoms with Crippen LogP contribution in [-0.2, 0) is 14.3 Å². The van der Waals surface area contributed by atoms with E-state index in [9.17, 15) is 9.90 Å². The zero-order valence-corrected chi connectivity index (χ0v) is 25.3. The van der Waals surface area contributed by atoms with Gasteiger partial charge in [0.1, 0.15) is 6.10 Å². The van der Waals surface area contributed by atoms with Gasteiger partial charge in [0, 0.05) is 41.4 Å². The van der Waals surface area contributed by atoms with Crippen molar-refractivity contribution in [2.45, 2.75) is 173 Å². The highest BCUT2D eigenvalue weighted by atomic mass is 16.6. The third-order valence-electron chi connectivity index (χ3n) is 9.27. The predicted octanol–water partition coefficient (Wildman–Crippen LogP) is 6.29. The van der Waals surface area contributed by atoms with Crippen LogP contribution in [0.5, 0.6) is 0 Å². The van der Waals surface area contributed by atoms with E-state index in [0.717, 1.165) is 64.2 Å². The lowest BCUT2D eigenvalue weighted by Gasteiger charge is -2.53. The van der Waals surface area contributed by atoms with Crippen molar-refractivity contribution in [2.75, 3.05) is 14.1 Å². The van der Waals surface area contributed by atoms with Crippen molar-refractivity contribution in [1.82, 2.24) is 9.80 Å². The zero-order chi connectivity index (χ0) is 27.4. The number of carbonyl (C=O) groups is 1. The van der Waals surface area contributed by atoms with Gasteiger partial charge in [0.15, 0.2) is 6.29 Å². The van der Waals surface area contributed by atoms with Crippen molar-refractivity contribution in [1.29, 1.82) is 0 Å². The summed E-state index contributed by atoms with van der Waals surface area (Å²) in [5.74, 6) is -0.0447. The number of piperidine rings is 2. The maximum absolute atomic E-state index is 12.4. The molecule has 2 fully saturated rings. The maximum atomic E-state index is 12.4. The number of hydrogen-bond donors (Lipinski definition) is 1. The average Bonchev–Trinajstić information content (AvgIpc) is 2.71. The molecule has 2 saturated heterocycles. The van der Waals surface area contributed by atoms with Crippen LogP contribution in [0.15, 0.2) is 0 Å². The van der Waals surface area contributed by atoms with Crippen LogP contribution in [-0.4, -0.2) is 75.6 Å². The Morgan fingerprint density at radius 2 is 1.11 bits per heavy atom. The van der Waals surface area contributed by atoms with Crippen LogP contribution in [0.2, 0.25) is 0 Å². The van der Waals surface area contributed by atoms with Crippen LogP contribution in [0.1, 0.15) is 132 Å². The minimum absolute atomic E-state index is 0.0130. The molecule has 1 N–H and O–H groups in total. The first-order valence-electron chi connectivity index (χ1n) is 14.5. The van der Waals surface area contributed by atoms with Gasteiger partial charge in [-0.1, -0.05) is 25.7 Å². The number of aliphatic hydroxyl groups is 1. The van der Waals surface area contributed by atoms with Gasteiger partial charge in [-0.2, -0.15) is 0 Å². The number of likely N-dealkylation sites (tertiary alicyclic amines) is 2. The molecule has 2 heterocycles. The predicted molar refractivity (Wildman–Crippen MR) is 148 cm³/mol. The number of hydrogen-bond acceptors (Lipinski definition) is 6. The molecule has 212 valence electrons. The second-order valence-electron chi connectivity index (χ2n) is 14.2.